The highest BCUT2D eigenvalue weighted by Crippen LogP contribution is 2.03. The Kier molecular flexibility index (Phi) is 3.90. The van der Waals surface area contributed by atoms with E-state index in [0.717, 1.165) is 10.9 Å². The lowest BCUT2D eigenvalue weighted by atomic mass is 10.2. The largest absolute Gasteiger partial charge is 0.480 e. The minimum Gasteiger partial charge on any atom is -0.480 e. The molecule has 0 fully saturated rings. The first-order chi connectivity index (χ1) is 9.58. The number of hydrogen-bond donors (Lipinski definition) is 2. The molecule has 0 unspecified atom stereocenters. The summed E-state index contributed by atoms with van der Waals surface area (Å²) in [5.41, 5.74) is -0.296. The van der Waals surface area contributed by atoms with Crippen LogP contribution in [0, 0.1) is 0 Å². The highest BCUT2D eigenvalue weighted by Gasteiger charge is 2.11. The van der Waals surface area contributed by atoms with Crippen molar-refractivity contribution < 1.29 is 14.7 Å². The number of carbonyl (C=O) groups excluding carboxylic acids is 1. The van der Waals surface area contributed by atoms with Gasteiger partial charge < -0.3 is 10.4 Å². The molecule has 2 N–H and O–H groups in total. The molecule has 0 spiro atoms. The van der Waals surface area contributed by atoms with Gasteiger partial charge in [-0.2, -0.15) is 0 Å². The van der Waals surface area contributed by atoms with E-state index < -0.39 is 24.0 Å². The molecule has 0 bridgehead atoms. The fourth-order valence-corrected chi connectivity index (χ4v) is 1.58. The Morgan fingerprint density at radius 3 is 2.60 bits per heavy atom. The summed E-state index contributed by atoms with van der Waals surface area (Å²) in [5.74, 6) is -1.63. The van der Waals surface area contributed by atoms with E-state index in [9.17, 15) is 14.4 Å². The van der Waals surface area contributed by atoms with E-state index in [2.05, 4.69) is 10.3 Å². The van der Waals surface area contributed by atoms with Crippen molar-refractivity contribution in [2.24, 2.45) is 0 Å². The van der Waals surface area contributed by atoms with Gasteiger partial charge in [0.25, 0.3) is 11.5 Å². The molecule has 102 valence electrons. The summed E-state index contributed by atoms with van der Waals surface area (Å²) >= 11 is 0. The third-order valence-corrected chi connectivity index (χ3v) is 2.49. The Labute approximate surface area is 113 Å². The Morgan fingerprint density at radius 2 is 1.95 bits per heavy atom. The summed E-state index contributed by atoms with van der Waals surface area (Å²) in [7, 11) is 0. The van der Waals surface area contributed by atoms with Gasteiger partial charge in [0.1, 0.15) is 12.2 Å². The summed E-state index contributed by atoms with van der Waals surface area (Å²) in [6.45, 7) is -0.513. The zero-order valence-electron chi connectivity index (χ0n) is 10.3. The number of nitrogens with zero attached hydrogens (tertiary/aromatic N) is 2. The van der Waals surface area contributed by atoms with Crippen molar-refractivity contribution in [3.63, 3.8) is 0 Å². The zero-order valence-corrected chi connectivity index (χ0v) is 10.3. The van der Waals surface area contributed by atoms with Crippen LogP contribution in [0.25, 0.3) is 0 Å². The van der Waals surface area contributed by atoms with Crippen LogP contribution in [-0.4, -0.2) is 26.5 Å². The van der Waals surface area contributed by atoms with Gasteiger partial charge in [0.05, 0.1) is 12.5 Å². The molecule has 0 aliphatic carbocycles. The van der Waals surface area contributed by atoms with Gasteiger partial charge in [0.2, 0.25) is 0 Å². The van der Waals surface area contributed by atoms with Crippen molar-refractivity contribution in [1.29, 1.82) is 0 Å². The Bertz CT molecular complexity index is 694. The van der Waals surface area contributed by atoms with E-state index in [0.29, 0.717) is 5.56 Å². The van der Waals surface area contributed by atoms with Crippen LogP contribution in [0.15, 0.2) is 47.7 Å². The molecule has 0 saturated carbocycles. The molecule has 0 atom stereocenters. The molecule has 0 saturated heterocycles. The monoisotopic (exact) mass is 273 g/mol. The van der Waals surface area contributed by atoms with Crippen LogP contribution < -0.4 is 10.9 Å². The molecule has 1 aromatic carbocycles. The Balaban J connectivity index is 2.24. The van der Waals surface area contributed by atoms with Crippen LogP contribution in [0.2, 0.25) is 0 Å². The van der Waals surface area contributed by atoms with Gasteiger partial charge in [0, 0.05) is 5.56 Å². The summed E-state index contributed by atoms with van der Waals surface area (Å²) in [4.78, 5) is 38.1. The molecule has 0 aliphatic heterocycles. The lowest BCUT2D eigenvalue weighted by Crippen LogP contribution is -2.28. The molecule has 1 aromatic heterocycles. The molecular weight excluding hydrogens is 262 g/mol. The van der Waals surface area contributed by atoms with Crippen molar-refractivity contribution in [1.82, 2.24) is 9.55 Å². The number of carboxylic acids is 1. The molecule has 0 radical (unpaired) electrons. The highest BCUT2D eigenvalue weighted by atomic mass is 16.4. The smallest absolute Gasteiger partial charge is 0.323 e. The second kappa shape index (κ2) is 5.79. The van der Waals surface area contributed by atoms with Gasteiger partial charge in [-0.3, -0.25) is 19.0 Å². The van der Waals surface area contributed by atoms with Gasteiger partial charge in [0.15, 0.2) is 0 Å². The van der Waals surface area contributed by atoms with E-state index in [-0.39, 0.29) is 5.69 Å². The average molecular weight is 273 g/mol. The van der Waals surface area contributed by atoms with E-state index >= 15 is 0 Å². The molecule has 2 rings (SSSR count). The first kappa shape index (κ1) is 13.5. The zero-order chi connectivity index (χ0) is 14.5. The lowest BCUT2D eigenvalue weighted by molar-refractivity contribution is -0.137. The van der Waals surface area contributed by atoms with E-state index in [1.54, 1.807) is 30.3 Å². The predicted molar refractivity (Wildman–Crippen MR) is 70.5 cm³/mol. The second-order valence-electron chi connectivity index (χ2n) is 3.95. The van der Waals surface area contributed by atoms with E-state index in [1.165, 1.54) is 6.20 Å². The first-order valence-corrected chi connectivity index (χ1v) is 5.70. The van der Waals surface area contributed by atoms with Gasteiger partial charge in [-0.1, -0.05) is 18.2 Å². The quantitative estimate of drug-likeness (QED) is 0.848. The van der Waals surface area contributed by atoms with Crippen LogP contribution >= 0.6 is 0 Å². The number of benzene rings is 1. The third kappa shape index (κ3) is 3.08. The third-order valence-electron chi connectivity index (χ3n) is 2.49. The average Bonchev–Trinajstić information content (AvgIpc) is 2.43. The summed E-state index contributed by atoms with van der Waals surface area (Å²) in [6, 6.07) is 8.35. The molecule has 7 nitrogen and oxygen atoms in total. The number of rotatable bonds is 4. The normalized spacial score (nSPS) is 10.0. The number of hydrogen-bond acceptors (Lipinski definition) is 4. The van der Waals surface area contributed by atoms with Crippen molar-refractivity contribution in [3.05, 3.63) is 58.8 Å². The number of aliphatic carboxylic acids is 1. The predicted octanol–water partition coefficient (Wildman–Crippen LogP) is 0.580. The number of amides is 1. The van der Waals surface area contributed by atoms with Crippen LogP contribution in [-0.2, 0) is 11.3 Å². The second-order valence-corrected chi connectivity index (χ2v) is 3.95. The standard InChI is InChI=1S/C13H11N3O4/c17-11(18)7-16-8-14-6-10(13(16)20)15-12(19)9-4-2-1-3-5-9/h1-6,8H,7H2,(H,15,19)(H,17,18). The van der Waals surface area contributed by atoms with Crippen LogP contribution in [0.3, 0.4) is 0 Å². The highest BCUT2D eigenvalue weighted by molar-refractivity contribution is 6.04. The molecule has 0 aliphatic rings. The van der Waals surface area contributed by atoms with Crippen LogP contribution in [0.5, 0.6) is 0 Å². The maximum absolute atomic E-state index is 11.9. The number of carbonyl (C=O) groups is 2. The minimum atomic E-state index is -1.17. The van der Waals surface area contributed by atoms with E-state index in [1.807, 2.05) is 0 Å². The minimum absolute atomic E-state index is 0.0670. The van der Waals surface area contributed by atoms with Crippen molar-refractivity contribution in [2.45, 2.75) is 6.54 Å². The van der Waals surface area contributed by atoms with Crippen LogP contribution in [0.4, 0.5) is 5.69 Å². The number of anilines is 1. The molecular formula is C13H11N3O4. The van der Waals surface area contributed by atoms with Gasteiger partial charge in [-0.05, 0) is 12.1 Å². The molecule has 1 heterocycles. The maximum Gasteiger partial charge on any atom is 0.323 e. The Morgan fingerprint density at radius 1 is 1.25 bits per heavy atom. The van der Waals surface area contributed by atoms with Crippen molar-refractivity contribution >= 4 is 17.6 Å². The summed E-state index contributed by atoms with van der Waals surface area (Å²) in [5, 5.41) is 11.1. The topological polar surface area (TPSA) is 101 Å². The molecule has 2 aromatic rings. The van der Waals surface area contributed by atoms with Crippen molar-refractivity contribution in [2.75, 3.05) is 5.32 Å². The number of nitrogens with one attached hydrogen (secondary N) is 1. The molecule has 7 heteroatoms. The SMILES string of the molecule is O=C(O)Cn1cncc(NC(=O)c2ccccc2)c1=O. The van der Waals surface area contributed by atoms with Gasteiger partial charge in [-0.25, -0.2) is 4.98 Å². The number of aromatic nitrogens is 2. The number of carboxylic acid groups (broad SMARTS) is 1. The summed E-state index contributed by atoms with van der Waals surface area (Å²) in [6.07, 6.45) is 2.29. The first-order valence-electron chi connectivity index (χ1n) is 5.70. The fraction of sp³-hybridized carbons (Fsp3) is 0.0769. The summed E-state index contributed by atoms with van der Waals surface area (Å²) < 4.78 is 0.906. The lowest BCUT2D eigenvalue weighted by Gasteiger charge is -2.06. The Hall–Kier alpha value is -2.96. The van der Waals surface area contributed by atoms with Crippen molar-refractivity contribution in [3.8, 4) is 0 Å². The molecule has 20 heavy (non-hydrogen) atoms. The molecule has 1 amide bonds. The van der Waals surface area contributed by atoms with Gasteiger partial charge in [-0.15, -0.1) is 0 Å². The fourth-order valence-electron chi connectivity index (χ4n) is 1.58. The van der Waals surface area contributed by atoms with Crippen LogP contribution in [0.1, 0.15) is 10.4 Å². The maximum atomic E-state index is 11.9. The van der Waals surface area contributed by atoms with E-state index in [4.69, 9.17) is 5.11 Å². The van der Waals surface area contributed by atoms with Gasteiger partial charge >= 0.3 is 5.97 Å².